The van der Waals surface area contributed by atoms with Crippen LogP contribution >= 0.6 is 11.6 Å². The lowest BCUT2D eigenvalue weighted by atomic mass is 10.2. The number of nitrogens with zero attached hydrogens (tertiary/aromatic N) is 1. The number of rotatable bonds is 4. The van der Waals surface area contributed by atoms with Gasteiger partial charge in [-0.1, -0.05) is 24.3 Å². The highest BCUT2D eigenvalue weighted by Crippen LogP contribution is 2.28. The molecule has 2 fully saturated rings. The maximum atomic E-state index is 12.5. The number of hydrogen-bond acceptors (Lipinski definition) is 3. The third kappa shape index (κ3) is 3.01. The molecule has 0 radical (unpaired) electrons. The number of halogens is 1. The van der Waals surface area contributed by atoms with Crippen LogP contribution in [0.4, 0.5) is 0 Å². The van der Waals surface area contributed by atoms with Crippen molar-refractivity contribution in [3.63, 3.8) is 0 Å². The Morgan fingerprint density at radius 1 is 1.20 bits per heavy atom. The first-order valence-electron chi connectivity index (χ1n) is 6.84. The molecule has 1 aromatic rings. The zero-order chi connectivity index (χ0) is 14.2. The van der Waals surface area contributed by atoms with E-state index in [1.807, 2.05) is 24.3 Å². The van der Waals surface area contributed by atoms with Crippen LogP contribution in [0.3, 0.4) is 0 Å². The van der Waals surface area contributed by atoms with Crippen LogP contribution in [0.1, 0.15) is 24.0 Å². The van der Waals surface area contributed by atoms with Gasteiger partial charge >= 0.3 is 0 Å². The van der Waals surface area contributed by atoms with Crippen molar-refractivity contribution < 1.29 is 13.2 Å². The average Bonchev–Trinajstić information content (AvgIpc) is 2.77. The number of fused-ring (bicyclic) bond motifs is 2. The molecular weight excluding hydrogens is 298 g/mol. The van der Waals surface area contributed by atoms with Crippen molar-refractivity contribution in [2.24, 2.45) is 0 Å². The summed E-state index contributed by atoms with van der Waals surface area (Å²) >= 11 is 5.79. The molecule has 2 aliphatic heterocycles. The fourth-order valence-electron chi connectivity index (χ4n) is 2.91. The van der Waals surface area contributed by atoms with Crippen molar-refractivity contribution in [2.75, 3.05) is 13.1 Å². The largest absolute Gasteiger partial charge is 0.372 e. The Morgan fingerprint density at radius 3 is 2.50 bits per heavy atom. The molecule has 0 aliphatic carbocycles. The van der Waals surface area contributed by atoms with E-state index in [1.54, 1.807) is 4.31 Å². The van der Waals surface area contributed by atoms with E-state index in [0.717, 1.165) is 24.0 Å². The van der Waals surface area contributed by atoms with E-state index in [9.17, 15) is 8.42 Å². The molecule has 2 atom stereocenters. The van der Waals surface area contributed by atoms with Gasteiger partial charge in [-0.3, -0.25) is 0 Å². The molecule has 20 heavy (non-hydrogen) atoms. The molecule has 0 aromatic heterocycles. The topological polar surface area (TPSA) is 46.6 Å². The summed E-state index contributed by atoms with van der Waals surface area (Å²) in [6.45, 7) is 0.988. The summed E-state index contributed by atoms with van der Waals surface area (Å²) in [4.78, 5) is 0. The van der Waals surface area contributed by atoms with Crippen molar-refractivity contribution in [3.05, 3.63) is 35.4 Å². The van der Waals surface area contributed by atoms with E-state index in [1.165, 1.54) is 0 Å². The molecule has 0 amide bonds. The minimum absolute atomic E-state index is 0.0389. The minimum atomic E-state index is -3.28. The normalized spacial score (nSPS) is 26.9. The lowest BCUT2D eigenvalue weighted by Crippen LogP contribution is -2.46. The Hall–Kier alpha value is -0.620. The third-order valence-corrected chi connectivity index (χ3v) is 5.99. The molecule has 1 aromatic carbocycles. The van der Waals surface area contributed by atoms with Crippen molar-refractivity contribution in [1.29, 1.82) is 0 Å². The van der Waals surface area contributed by atoms with Crippen molar-refractivity contribution in [3.8, 4) is 0 Å². The highest BCUT2D eigenvalue weighted by atomic mass is 35.5. The number of benzene rings is 1. The van der Waals surface area contributed by atoms with Gasteiger partial charge in [0.2, 0.25) is 10.0 Å². The summed E-state index contributed by atoms with van der Waals surface area (Å²) in [7, 11) is -3.28. The molecule has 0 spiro atoms. The summed E-state index contributed by atoms with van der Waals surface area (Å²) in [6, 6.07) is 7.45. The van der Waals surface area contributed by atoms with Crippen LogP contribution in [-0.2, 0) is 26.4 Å². The zero-order valence-electron chi connectivity index (χ0n) is 11.2. The Labute approximate surface area is 124 Å². The Balaban J connectivity index is 1.75. The summed E-state index contributed by atoms with van der Waals surface area (Å²) in [5.74, 6) is 0.437. The predicted molar refractivity (Wildman–Crippen MR) is 78.1 cm³/mol. The molecule has 2 heterocycles. The maximum absolute atomic E-state index is 12.5. The molecule has 4 nitrogen and oxygen atoms in total. The van der Waals surface area contributed by atoms with E-state index in [4.69, 9.17) is 16.3 Å². The van der Waals surface area contributed by atoms with Crippen LogP contribution in [-0.4, -0.2) is 38.0 Å². The molecule has 0 N–H and O–H groups in total. The predicted octanol–water partition coefficient (Wildman–Crippen LogP) is 2.12. The van der Waals surface area contributed by atoms with Gasteiger partial charge in [0.25, 0.3) is 0 Å². The van der Waals surface area contributed by atoms with Gasteiger partial charge in [-0.2, -0.15) is 4.31 Å². The van der Waals surface area contributed by atoms with Gasteiger partial charge in [0, 0.05) is 19.0 Å². The fraction of sp³-hybridized carbons (Fsp3) is 0.571. The zero-order valence-corrected chi connectivity index (χ0v) is 12.7. The first-order chi connectivity index (χ1) is 9.56. The van der Waals surface area contributed by atoms with Crippen LogP contribution in [0.15, 0.2) is 24.3 Å². The fourth-order valence-corrected chi connectivity index (χ4v) is 4.65. The van der Waals surface area contributed by atoms with Crippen LogP contribution in [0.25, 0.3) is 0 Å². The Bertz CT molecular complexity index is 578. The molecule has 2 bridgehead atoms. The maximum Gasteiger partial charge on any atom is 0.218 e. The van der Waals surface area contributed by atoms with Gasteiger partial charge in [0.15, 0.2) is 0 Å². The van der Waals surface area contributed by atoms with Crippen molar-refractivity contribution in [2.45, 2.75) is 36.7 Å². The van der Waals surface area contributed by atoms with Crippen molar-refractivity contribution >= 4 is 21.6 Å². The summed E-state index contributed by atoms with van der Waals surface area (Å²) < 4.78 is 32.3. The van der Waals surface area contributed by atoms with Gasteiger partial charge in [-0.25, -0.2) is 8.42 Å². The second-order valence-electron chi connectivity index (χ2n) is 5.48. The number of ether oxygens (including phenoxy) is 1. The molecule has 2 unspecified atom stereocenters. The van der Waals surface area contributed by atoms with Gasteiger partial charge in [-0.05, 0) is 24.0 Å². The van der Waals surface area contributed by atoms with Gasteiger partial charge in [-0.15, -0.1) is 11.6 Å². The molecule has 3 rings (SSSR count). The first kappa shape index (κ1) is 14.3. The number of morpholine rings is 1. The second-order valence-corrected chi connectivity index (χ2v) is 7.72. The smallest absolute Gasteiger partial charge is 0.218 e. The first-order valence-corrected chi connectivity index (χ1v) is 8.98. The highest BCUT2D eigenvalue weighted by molar-refractivity contribution is 7.88. The Kier molecular flexibility index (Phi) is 4.04. The van der Waals surface area contributed by atoms with Crippen LogP contribution in [0, 0.1) is 0 Å². The number of sulfonamides is 1. The van der Waals surface area contributed by atoms with Gasteiger partial charge < -0.3 is 4.74 Å². The summed E-state index contributed by atoms with van der Waals surface area (Å²) in [5, 5.41) is 0. The van der Waals surface area contributed by atoms with Crippen LogP contribution in [0.2, 0.25) is 0 Å². The molecule has 6 heteroatoms. The van der Waals surface area contributed by atoms with E-state index in [2.05, 4.69) is 0 Å². The van der Waals surface area contributed by atoms with Crippen molar-refractivity contribution in [1.82, 2.24) is 4.31 Å². The monoisotopic (exact) mass is 315 g/mol. The Morgan fingerprint density at radius 2 is 1.85 bits per heavy atom. The number of alkyl halides is 1. The quantitative estimate of drug-likeness (QED) is 0.800. The molecule has 2 saturated heterocycles. The van der Waals surface area contributed by atoms with E-state index >= 15 is 0 Å². The summed E-state index contributed by atoms with van der Waals surface area (Å²) in [6.07, 6.45) is 2.10. The second kappa shape index (κ2) is 5.64. The minimum Gasteiger partial charge on any atom is -0.372 e. The number of hydrogen-bond donors (Lipinski definition) is 0. The molecular formula is C14H18ClNO3S. The SMILES string of the molecule is O=S(=O)(Cc1cccc(CCl)c1)N1CC2CCC(C1)O2. The molecule has 110 valence electrons. The highest BCUT2D eigenvalue weighted by Gasteiger charge is 2.38. The van der Waals surface area contributed by atoms with Gasteiger partial charge in [0.05, 0.1) is 18.0 Å². The van der Waals surface area contributed by atoms with E-state index in [-0.39, 0.29) is 18.0 Å². The molecule has 2 aliphatic rings. The lowest BCUT2D eigenvalue weighted by Gasteiger charge is -2.31. The van der Waals surface area contributed by atoms with E-state index < -0.39 is 10.0 Å². The van der Waals surface area contributed by atoms with Gasteiger partial charge in [0.1, 0.15) is 0 Å². The molecule has 0 saturated carbocycles. The van der Waals surface area contributed by atoms with E-state index in [0.29, 0.717) is 19.0 Å². The summed E-state index contributed by atoms with van der Waals surface area (Å²) in [5.41, 5.74) is 1.74. The van der Waals surface area contributed by atoms with Crippen LogP contribution in [0.5, 0.6) is 0 Å². The average molecular weight is 316 g/mol. The standard InChI is InChI=1S/C14H18ClNO3S/c15-7-11-2-1-3-12(6-11)10-20(17,18)16-8-13-4-5-14(9-16)19-13/h1-3,6,13-14H,4-5,7-10H2. The van der Waals surface area contributed by atoms with Crippen LogP contribution < -0.4 is 0 Å². The third-order valence-electron chi connectivity index (χ3n) is 3.90. The lowest BCUT2D eigenvalue weighted by molar-refractivity contribution is -0.0115.